The van der Waals surface area contributed by atoms with Gasteiger partial charge >= 0.3 is 0 Å². The first-order valence-corrected chi connectivity index (χ1v) is 18.0. The number of piperazine rings is 1. The number of rotatable bonds is 15. The predicted octanol–water partition coefficient (Wildman–Crippen LogP) is 6.61. The standard InChI is InChI=1S/C39H46FN5O6/c1-47-35-22-27(38-42-32-23-28(40)10-12-33(32)51-38)9-11-34(35)49-20-5-3-13-43-16-18-44(19-17-43)14-4-6-21-50-37-25-31-30(24-36(37)48-2)39(46)45-15-7-8-29(45)26-41-31/h9-12,22-26,29H,3-8,13-21H2,1-2H3/t29-/m0/s1. The van der Waals surface area contributed by atoms with E-state index in [0.29, 0.717) is 64.5 Å². The molecule has 270 valence electrons. The third-order valence-electron chi connectivity index (χ3n) is 9.94. The Balaban J connectivity index is 0.781. The highest BCUT2D eigenvalue weighted by atomic mass is 19.1. The van der Waals surface area contributed by atoms with E-state index < -0.39 is 0 Å². The number of nitrogens with zero attached hydrogens (tertiary/aromatic N) is 5. The van der Waals surface area contributed by atoms with Crippen LogP contribution in [0.25, 0.3) is 22.6 Å². The van der Waals surface area contributed by atoms with Crippen molar-refractivity contribution in [2.45, 2.75) is 44.6 Å². The smallest absolute Gasteiger partial charge is 0.256 e. The summed E-state index contributed by atoms with van der Waals surface area (Å²) in [5, 5.41) is 0. The molecular formula is C39H46FN5O6. The van der Waals surface area contributed by atoms with Crippen molar-refractivity contribution in [1.29, 1.82) is 0 Å². The van der Waals surface area contributed by atoms with Crippen molar-refractivity contribution in [2.75, 3.05) is 73.2 Å². The van der Waals surface area contributed by atoms with Crippen LogP contribution in [0.2, 0.25) is 0 Å². The second-order valence-corrected chi connectivity index (χ2v) is 13.3. The summed E-state index contributed by atoms with van der Waals surface area (Å²) < 4.78 is 42.7. The lowest BCUT2D eigenvalue weighted by molar-refractivity contribution is 0.0774. The summed E-state index contributed by atoms with van der Waals surface area (Å²) in [5.74, 6) is 2.56. The minimum atomic E-state index is -0.350. The minimum absolute atomic E-state index is 0.0173. The average Bonchev–Trinajstić information content (AvgIpc) is 3.78. The number of halogens is 1. The Morgan fingerprint density at radius 3 is 2.24 bits per heavy atom. The lowest BCUT2D eigenvalue weighted by Crippen LogP contribution is -2.46. The monoisotopic (exact) mass is 699 g/mol. The largest absolute Gasteiger partial charge is 0.493 e. The quantitative estimate of drug-likeness (QED) is 0.127. The molecule has 0 aliphatic carbocycles. The number of amides is 1. The van der Waals surface area contributed by atoms with Crippen molar-refractivity contribution in [2.24, 2.45) is 4.99 Å². The van der Waals surface area contributed by atoms with Crippen LogP contribution < -0.4 is 18.9 Å². The predicted molar refractivity (Wildman–Crippen MR) is 193 cm³/mol. The maximum absolute atomic E-state index is 13.6. The first-order valence-electron chi connectivity index (χ1n) is 18.0. The van der Waals surface area contributed by atoms with Crippen molar-refractivity contribution in [1.82, 2.24) is 19.7 Å². The van der Waals surface area contributed by atoms with Crippen molar-refractivity contribution >= 4 is 28.9 Å². The summed E-state index contributed by atoms with van der Waals surface area (Å²) in [6, 6.07) is 13.6. The van der Waals surface area contributed by atoms with Gasteiger partial charge in [-0.15, -0.1) is 0 Å². The summed E-state index contributed by atoms with van der Waals surface area (Å²) in [6.45, 7) is 8.33. The highest BCUT2D eigenvalue weighted by Crippen LogP contribution is 2.38. The summed E-state index contributed by atoms with van der Waals surface area (Å²) in [5.41, 5.74) is 2.97. The number of unbranched alkanes of at least 4 members (excludes halogenated alkanes) is 2. The maximum atomic E-state index is 13.6. The molecule has 7 rings (SSSR count). The Morgan fingerprint density at radius 2 is 1.51 bits per heavy atom. The Morgan fingerprint density at radius 1 is 0.804 bits per heavy atom. The van der Waals surface area contributed by atoms with Crippen LogP contribution in [0.5, 0.6) is 23.0 Å². The molecule has 12 heteroatoms. The zero-order chi connectivity index (χ0) is 35.2. The molecule has 1 aromatic heterocycles. The fraction of sp³-hybridized carbons (Fsp3) is 0.462. The SMILES string of the molecule is COc1cc(-c2nc3cc(F)ccc3o2)ccc1OCCCCN1CCN(CCCCOc2cc3c(cc2OC)C(=O)N2CCC[C@H]2C=N3)CC1. The molecule has 0 N–H and O–H groups in total. The number of fused-ring (bicyclic) bond motifs is 3. The molecule has 11 nitrogen and oxygen atoms in total. The Labute approximate surface area is 297 Å². The maximum Gasteiger partial charge on any atom is 0.256 e. The zero-order valence-corrected chi connectivity index (χ0v) is 29.4. The van der Waals surface area contributed by atoms with E-state index in [2.05, 4.69) is 19.8 Å². The van der Waals surface area contributed by atoms with E-state index in [1.165, 1.54) is 12.1 Å². The number of carbonyl (C=O) groups excluding carboxylic acids is 1. The van der Waals surface area contributed by atoms with E-state index in [1.807, 2.05) is 35.4 Å². The van der Waals surface area contributed by atoms with Crippen LogP contribution in [0.3, 0.4) is 0 Å². The number of aromatic nitrogens is 1. The summed E-state index contributed by atoms with van der Waals surface area (Å²) in [6.07, 6.45) is 7.85. The van der Waals surface area contributed by atoms with Crippen molar-refractivity contribution < 1.29 is 32.5 Å². The Kier molecular flexibility index (Phi) is 11.0. The number of benzene rings is 3. The Hall–Kier alpha value is -4.68. The van der Waals surface area contributed by atoms with Gasteiger partial charge in [0, 0.05) is 56.6 Å². The van der Waals surface area contributed by atoms with Gasteiger partial charge in [-0.25, -0.2) is 9.37 Å². The molecule has 3 aliphatic heterocycles. The van der Waals surface area contributed by atoms with Gasteiger partial charge in [-0.2, -0.15) is 0 Å². The number of oxazole rings is 1. The van der Waals surface area contributed by atoms with Crippen molar-refractivity contribution in [3.63, 3.8) is 0 Å². The van der Waals surface area contributed by atoms with Gasteiger partial charge in [0.1, 0.15) is 11.3 Å². The molecule has 0 radical (unpaired) electrons. The number of hydrogen-bond donors (Lipinski definition) is 0. The van der Waals surface area contributed by atoms with Crippen molar-refractivity contribution in [3.05, 3.63) is 59.9 Å². The topological polar surface area (TPSA) is 102 Å². The van der Waals surface area contributed by atoms with Crippen LogP contribution in [0.1, 0.15) is 48.9 Å². The molecule has 3 aromatic carbocycles. The lowest BCUT2D eigenvalue weighted by atomic mass is 10.1. The van der Waals surface area contributed by atoms with Crippen LogP contribution >= 0.6 is 0 Å². The molecule has 2 fully saturated rings. The van der Waals surface area contributed by atoms with E-state index >= 15 is 0 Å². The molecule has 3 aliphatic rings. The molecule has 0 spiro atoms. The van der Waals surface area contributed by atoms with Crippen LogP contribution in [0.15, 0.2) is 57.9 Å². The van der Waals surface area contributed by atoms with Crippen LogP contribution in [-0.2, 0) is 0 Å². The first-order chi connectivity index (χ1) is 25.0. The van der Waals surface area contributed by atoms with Gasteiger partial charge in [0.2, 0.25) is 5.89 Å². The van der Waals surface area contributed by atoms with Gasteiger partial charge < -0.3 is 38.1 Å². The van der Waals surface area contributed by atoms with Gasteiger partial charge in [0.25, 0.3) is 5.91 Å². The molecule has 4 aromatic rings. The van der Waals surface area contributed by atoms with Gasteiger partial charge in [0.15, 0.2) is 28.6 Å². The number of carbonyl (C=O) groups is 1. The molecule has 1 atom stereocenters. The molecule has 2 saturated heterocycles. The third kappa shape index (κ3) is 8.12. The van der Waals surface area contributed by atoms with E-state index in [1.54, 1.807) is 26.4 Å². The second kappa shape index (κ2) is 16.1. The van der Waals surface area contributed by atoms with Gasteiger partial charge in [0.05, 0.1) is 44.7 Å². The van der Waals surface area contributed by atoms with Gasteiger partial charge in [-0.05, 0) is 88.0 Å². The molecule has 4 heterocycles. The van der Waals surface area contributed by atoms with Gasteiger partial charge in [-0.1, -0.05) is 0 Å². The molecule has 0 saturated carbocycles. The Bertz CT molecular complexity index is 1860. The number of methoxy groups -OCH3 is 2. The number of aliphatic imine (C=N–C) groups is 1. The molecule has 1 amide bonds. The zero-order valence-electron chi connectivity index (χ0n) is 29.4. The van der Waals surface area contributed by atoms with Gasteiger partial charge in [-0.3, -0.25) is 9.79 Å². The van der Waals surface area contributed by atoms with Crippen molar-refractivity contribution in [3.8, 4) is 34.5 Å². The summed E-state index contributed by atoms with van der Waals surface area (Å²) >= 11 is 0. The normalized spacial score (nSPS) is 17.7. The molecule has 0 unspecified atom stereocenters. The molecule has 0 bridgehead atoms. The average molecular weight is 700 g/mol. The first kappa shape index (κ1) is 34.8. The van der Waals surface area contributed by atoms with E-state index in [9.17, 15) is 9.18 Å². The van der Waals surface area contributed by atoms with E-state index in [4.69, 9.17) is 23.4 Å². The summed E-state index contributed by atoms with van der Waals surface area (Å²) in [4.78, 5) is 29.1. The highest BCUT2D eigenvalue weighted by molar-refractivity contribution is 6.03. The number of ether oxygens (including phenoxy) is 4. The fourth-order valence-corrected chi connectivity index (χ4v) is 7.04. The van der Waals surface area contributed by atoms with Crippen LogP contribution in [-0.4, -0.2) is 111 Å². The lowest BCUT2D eigenvalue weighted by Gasteiger charge is -2.34. The van der Waals surface area contributed by atoms with Crippen LogP contribution in [0.4, 0.5) is 10.1 Å². The minimum Gasteiger partial charge on any atom is -0.493 e. The highest BCUT2D eigenvalue weighted by Gasteiger charge is 2.32. The fourth-order valence-electron chi connectivity index (χ4n) is 7.04. The van der Waals surface area contributed by atoms with E-state index in [0.717, 1.165) is 89.9 Å². The molecular weight excluding hydrogens is 653 g/mol. The summed E-state index contributed by atoms with van der Waals surface area (Å²) in [7, 11) is 3.22. The van der Waals surface area contributed by atoms with E-state index in [-0.39, 0.29) is 17.8 Å². The molecule has 51 heavy (non-hydrogen) atoms. The van der Waals surface area contributed by atoms with Crippen LogP contribution in [0, 0.1) is 5.82 Å². The third-order valence-corrected chi connectivity index (χ3v) is 9.94. The second-order valence-electron chi connectivity index (χ2n) is 13.3. The number of hydrogen-bond acceptors (Lipinski definition) is 10.